The smallest absolute Gasteiger partial charge is 0.337 e. The standard InChI is InChI=1S/C16H24N6O6S/c23-15(14-2-1-13-8-21(14)16(24)22(13)28-29(25)26)19-27-9-12-5-11(6-18-12)7-20-4-3-17-10-20/h3-4,10-14,18H,1-2,5-9H2,(H,19,23)(H,25,26)/t11-,12-,13?,14?/m1/s1. The number of amides is 3. The highest BCUT2D eigenvalue weighted by molar-refractivity contribution is 7.74. The molecule has 3 aliphatic rings. The van der Waals surface area contributed by atoms with E-state index >= 15 is 0 Å². The van der Waals surface area contributed by atoms with Gasteiger partial charge in [0.15, 0.2) is 0 Å². The molecular weight excluding hydrogens is 404 g/mol. The van der Waals surface area contributed by atoms with E-state index in [9.17, 15) is 13.8 Å². The number of hydroxylamine groups is 3. The number of aromatic nitrogens is 2. The first-order valence-corrected chi connectivity index (χ1v) is 10.5. The SMILES string of the molecule is O=C(NOC[C@H]1C[C@@H](Cn2ccnc2)CN1)C1CCC2CN1C(=O)N2OS(=O)O. The minimum absolute atomic E-state index is 0.136. The first kappa shape index (κ1) is 20.2. The number of nitrogens with one attached hydrogen (secondary N) is 2. The highest BCUT2D eigenvalue weighted by atomic mass is 32.2. The summed E-state index contributed by atoms with van der Waals surface area (Å²) in [6.45, 7) is 2.35. The van der Waals surface area contributed by atoms with Crippen LogP contribution in [0.1, 0.15) is 19.3 Å². The molecule has 13 heteroatoms. The zero-order chi connectivity index (χ0) is 20.4. The predicted molar refractivity (Wildman–Crippen MR) is 98.8 cm³/mol. The molecule has 0 spiro atoms. The lowest BCUT2D eigenvalue weighted by molar-refractivity contribution is -0.139. The molecule has 2 bridgehead atoms. The van der Waals surface area contributed by atoms with Gasteiger partial charge in [-0.15, -0.1) is 4.28 Å². The van der Waals surface area contributed by atoms with Crippen LogP contribution in [0.25, 0.3) is 0 Å². The van der Waals surface area contributed by atoms with Crippen molar-refractivity contribution < 1.29 is 27.5 Å². The summed E-state index contributed by atoms with van der Waals surface area (Å²) in [7, 11) is 0. The van der Waals surface area contributed by atoms with Crippen molar-refractivity contribution >= 4 is 23.3 Å². The Labute approximate surface area is 169 Å². The Morgan fingerprint density at radius 2 is 2.31 bits per heavy atom. The quantitative estimate of drug-likeness (QED) is 0.363. The van der Waals surface area contributed by atoms with Crippen LogP contribution in [0.3, 0.4) is 0 Å². The average molecular weight is 428 g/mol. The van der Waals surface area contributed by atoms with Crippen molar-refractivity contribution in [3.05, 3.63) is 18.7 Å². The van der Waals surface area contributed by atoms with Crippen LogP contribution in [0.2, 0.25) is 0 Å². The molecule has 1 aromatic rings. The Hall–Kier alpha value is -2.06. The third-order valence-electron chi connectivity index (χ3n) is 5.57. The fraction of sp³-hybridized carbons (Fsp3) is 0.688. The van der Waals surface area contributed by atoms with Gasteiger partial charge in [0.05, 0.1) is 19.0 Å². The van der Waals surface area contributed by atoms with E-state index in [0.717, 1.165) is 24.6 Å². The van der Waals surface area contributed by atoms with Crippen LogP contribution in [0, 0.1) is 5.92 Å². The molecule has 0 aliphatic carbocycles. The fourth-order valence-corrected chi connectivity index (χ4v) is 4.54. The number of urea groups is 1. The molecule has 0 saturated carbocycles. The largest absolute Gasteiger partial charge is 0.346 e. The van der Waals surface area contributed by atoms with Crippen molar-refractivity contribution in [3.63, 3.8) is 0 Å². The summed E-state index contributed by atoms with van der Waals surface area (Å²) in [5.74, 6) is 0.0609. The van der Waals surface area contributed by atoms with E-state index < -0.39 is 29.3 Å². The Morgan fingerprint density at radius 3 is 3.07 bits per heavy atom. The van der Waals surface area contributed by atoms with Gasteiger partial charge in [-0.05, 0) is 25.2 Å². The summed E-state index contributed by atoms with van der Waals surface area (Å²) in [5.41, 5.74) is 2.44. The highest BCUT2D eigenvalue weighted by Gasteiger charge is 2.48. The van der Waals surface area contributed by atoms with Crippen LogP contribution in [0.4, 0.5) is 4.79 Å². The second-order valence-corrected chi connectivity index (χ2v) is 8.13. The van der Waals surface area contributed by atoms with Crippen LogP contribution in [0.15, 0.2) is 18.7 Å². The number of carbonyl (C=O) groups excluding carboxylic acids is 2. The van der Waals surface area contributed by atoms with Gasteiger partial charge in [-0.1, -0.05) is 0 Å². The molecule has 160 valence electrons. The zero-order valence-electron chi connectivity index (χ0n) is 15.7. The van der Waals surface area contributed by atoms with Gasteiger partial charge in [0, 0.05) is 38.1 Å². The lowest BCUT2D eigenvalue weighted by Crippen LogP contribution is -2.50. The lowest BCUT2D eigenvalue weighted by Gasteiger charge is -2.29. The van der Waals surface area contributed by atoms with Gasteiger partial charge in [0.25, 0.3) is 5.91 Å². The summed E-state index contributed by atoms with van der Waals surface area (Å²) in [6.07, 6.45) is 7.33. The van der Waals surface area contributed by atoms with E-state index in [1.54, 1.807) is 12.5 Å². The van der Waals surface area contributed by atoms with Crippen molar-refractivity contribution in [3.8, 4) is 0 Å². The number of nitrogens with zero attached hydrogens (tertiary/aromatic N) is 4. The number of rotatable bonds is 8. The molecule has 0 aromatic carbocycles. The molecule has 1 aromatic heterocycles. The normalized spacial score (nSPS) is 30.0. The number of imidazole rings is 1. The molecule has 3 amide bonds. The second-order valence-electron chi connectivity index (χ2n) is 7.54. The molecule has 3 saturated heterocycles. The van der Waals surface area contributed by atoms with Gasteiger partial charge >= 0.3 is 17.4 Å². The van der Waals surface area contributed by atoms with Crippen molar-refractivity contribution in [2.45, 2.75) is 43.9 Å². The Kier molecular flexibility index (Phi) is 6.10. The van der Waals surface area contributed by atoms with E-state index in [1.807, 2.05) is 10.8 Å². The number of piperidine rings is 1. The second kappa shape index (κ2) is 8.75. The third-order valence-corrected chi connectivity index (χ3v) is 5.86. The Bertz CT molecular complexity index is 763. The van der Waals surface area contributed by atoms with Crippen LogP contribution >= 0.6 is 0 Å². The van der Waals surface area contributed by atoms with E-state index in [2.05, 4.69) is 20.1 Å². The highest BCUT2D eigenvalue weighted by Crippen LogP contribution is 2.30. The first-order valence-electron chi connectivity index (χ1n) is 9.51. The van der Waals surface area contributed by atoms with E-state index in [1.165, 1.54) is 4.90 Å². The Balaban J connectivity index is 1.20. The number of fused-ring (bicyclic) bond motifs is 2. The predicted octanol–water partition coefficient (Wildman–Crippen LogP) is -0.754. The molecule has 3 N–H and O–H groups in total. The topological polar surface area (TPSA) is 138 Å². The molecule has 3 fully saturated rings. The monoisotopic (exact) mass is 428 g/mol. The molecule has 3 unspecified atom stereocenters. The van der Waals surface area contributed by atoms with Gasteiger partial charge in [-0.2, -0.15) is 9.27 Å². The van der Waals surface area contributed by atoms with Crippen molar-refractivity contribution in [1.29, 1.82) is 0 Å². The maximum Gasteiger partial charge on any atom is 0.346 e. The molecule has 5 atom stereocenters. The average Bonchev–Trinajstić information content (AvgIpc) is 3.41. The van der Waals surface area contributed by atoms with E-state index in [-0.39, 0.29) is 18.6 Å². The molecular formula is C16H24N6O6S. The van der Waals surface area contributed by atoms with Gasteiger partial charge < -0.3 is 14.8 Å². The minimum Gasteiger partial charge on any atom is -0.337 e. The first-order chi connectivity index (χ1) is 14.0. The maximum atomic E-state index is 12.5. The number of carbonyl (C=O) groups is 2. The summed E-state index contributed by atoms with van der Waals surface area (Å²) >= 11 is -2.59. The molecule has 0 radical (unpaired) electrons. The van der Waals surface area contributed by atoms with Gasteiger partial charge in [0.2, 0.25) is 0 Å². The summed E-state index contributed by atoms with van der Waals surface area (Å²) in [5, 5.41) is 4.26. The van der Waals surface area contributed by atoms with Crippen molar-refractivity contribution in [2.24, 2.45) is 5.92 Å². The zero-order valence-corrected chi connectivity index (χ0v) is 16.5. The summed E-state index contributed by atoms with van der Waals surface area (Å²) in [4.78, 5) is 35.6. The lowest BCUT2D eigenvalue weighted by atomic mass is 10.0. The van der Waals surface area contributed by atoms with Gasteiger partial charge in [0.1, 0.15) is 6.04 Å². The summed E-state index contributed by atoms with van der Waals surface area (Å²) < 4.78 is 26.4. The molecule has 4 rings (SSSR count). The molecule has 3 aliphatic heterocycles. The van der Waals surface area contributed by atoms with E-state index in [0.29, 0.717) is 25.4 Å². The third kappa shape index (κ3) is 4.59. The number of hydrogen-bond acceptors (Lipinski definition) is 7. The number of hydrogen-bond donors (Lipinski definition) is 3. The van der Waals surface area contributed by atoms with Gasteiger partial charge in [-0.3, -0.25) is 14.2 Å². The Morgan fingerprint density at radius 1 is 1.45 bits per heavy atom. The van der Waals surface area contributed by atoms with Crippen molar-refractivity contribution in [1.82, 2.24) is 30.3 Å². The van der Waals surface area contributed by atoms with Crippen LogP contribution in [-0.2, 0) is 31.8 Å². The van der Waals surface area contributed by atoms with E-state index in [4.69, 9.17) is 9.39 Å². The fourth-order valence-electron chi connectivity index (χ4n) is 4.21. The minimum atomic E-state index is -2.59. The maximum absolute atomic E-state index is 12.5. The molecule has 29 heavy (non-hydrogen) atoms. The van der Waals surface area contributed by atoms with Crippen LogP contribution in [-0.4, -0.2) is 78.0 Å². The van der Waals surface area contributed by atoms with Crippen molar-refractivity contribution in [2.75, 3.05) is 19.7 Å². The summed E-state index contributed by atoms with van der Waals surface area (Å²) in [6, 6.07) is -1.48. The molecule has 12 nitrogen and oxygen atoms in total. The molecule has 4 heterocycles. The van der Waals surface area contributed by atoms with Crippen LogP contribution < -0.4 is 10.8 Å². The van der Waals surface area contributed by atoms with Gasteiger partial charge in [-0.25, -0.2) is 15.3 Å². The van der Waals surface area contributed by atoms with Crippen LogP contribution in [0.5, 0.6) is 0 Å².